The normalized spacial score (nSPS) is 13.5. The van der Waals surface area contributed by atoms with Crippen molar-refractivity contribution in [3.8, 4) is 0 Å². The summed E-state index contributed by atoms with van der Waals surface area (Å²) in [5.41, 5.74) is 4.43. The topological polar surface area (TPSA) is 148 Å². The second-order valence-corrected chi connectivity index (χ2v) is 6.42. The van der Waals surface area contributed by atoms with Gasteiger partial charge in [-0.15, -0.1) is 12.4 Å². The van der Waals surface area contributed by atoms with Crippen LogP contribution < -0.4 is 16.4 Å². The van der Waals surface area contributed by atoms with Gasteiger partial charge in [-0.25, -0.2) is 4.79 Å². The summed E-state index contributed by atoms with van der Waals surface area (Å²) in [6.45, 7) is 3.14. The minimum absolute atomic E-state index is 0. The Hall–Kier alpha value is -2.65. The summed E-state index contributed by atoms with van der Waals surface area (Å²) in [5, 5.41) is 13.7. The Morgan fingerprint density at radius 1 is 1.18 bits per heavy atom. The first-order valence-electron chi connectivity index (χ1n) is 8.34. The molecule has 0 aliphatic heterocycles. The van der Waals surface area contributed by atoms with Gasteiger partial charge in [0.1, 0.15) is 6.04 Å². The second-order valence-electron chi connectivity index (χ2n) is 6.42. The smallest absolute Gasteiger partial charge is 0.328 e. The number of nitrogens with one attached hydrogen (secondary N) is 2. The molecule has 0 unspecified atom stereocenters. The third-order valence-electron chi connectivity index (χ3n) is 3.78. The molecule has 28 heavy (non-hydrogen) atoms. The first-order chi connectivity index (χ1) is 12.6. The van der Waals surface area contributed by atoms with Crippen molar-refractivity contribution < 1.29 is 29.0 Å². The molecule has 5 N–H and O–H groups in total. The van der Waals surface area contributed by atoms with Gasteiger partial charge in [-0.05, 0) is 5.56 Å². The summed E-state index contributed by atoms with van der Waals surface area (Å²) < 4.78 is 4.70. The number of nitrogens with two attached hydrogens (primary N) is 1. The molecule has 0 radical (unpaired) electrons. The van der Waals surface area contributed by atoms with Crippen molar-refractivity contribution in [2.75, 3.05) is 7.11 Å². The summed E-state index contributed by atoms with van der Waals surface area (Å²) in [7, 11) is 1.17. The predicted molar refractivity (Wildman–Crippen MR) is 103 cm³/mol. The van der Waals surface area contributed by atoms with Gasteiger partial charge in [0.05, 0.1) is 13.5 Å². The van der Waals surface area contributed by atoms with Gasteiger partial charge >= 0.3 is 11.9 Å². The van der Waals surface area contributed by atoms with Crippen LogP contribution in [0.1, 0.15) is 25.8 Å². The zero-order valence-electron chi connectivity index (χ0n) is 15.9. The highest BCUT2D eigenvalue weighted by Crippen LogP contribution is 2.10. The Balaban J connectivity index is 0.00000729. The van der Waals surface area contributed by atoms with Gasteiger partial charge in [0.25, 0.3) is 5.91 Å². The zero-order valence-corrected chi connectivity index (χ0v) is 16.7. The standard InChI is InChI=1S/C18H25N3O6.ClH/c1-11(2)15(24)21-18(19,10-14(22)23)17(26)20-13(16(25)27-3)9-12-7-5-4-6-8-12;/h4-8,11,13H,9-10,19H2,1-3H3,(H,20,26)(H,21,24)(H,22,23);1H/t13-,18-;/m0./s1. The van der Waals surface area contributed by atoms with Crippen LogP contribution in [0.5, 0.6) is 0 Å². The molecule has 10 heteroatoms. The fourth-order valence-electron chi connectivity index (χ4n) is 2.26. The number of carboxylic acid groups (broad SMARTS) is 1. The van der Waals surface area contributed by atoms with Crippen LogP contribution in [0.25, 0.3) is 0 Å². The molecule has 2 atom stereocenters. The lowest BCUT2D eigenvalue weighted by Crippen LogP contribution is -2.68. The molecular formula is C18H26ClN3O6. The summed E-state index contributed by atoms with van der Waals surface area (Å²) in [4.78, 5) is 47.8. The summed E-state index contributed by atoms with van der Waals surface area (Å²) in [6.07, 6.45) is -0.739. The SMILES string of the molecule is COC(=O)[C@H](Cc1ccccc1)NC(=O)[C@](N)(CC(=O)O)NC(=O)C(C)C.Cl. The monoisotopic (exact) mass is 415 g/mol. The van der Waals surface area contributed by atoms with Crippen molar-refractivity contribution in [2.45, 2.75) is 38.4 Å². The van der Waals surface area contributed by atoms with E-state index in [1.807, 2.05) is 0 Å². The molecule has 0 saturated carbocycles. The minimum atomic E-state index is -2.21. The number of hydrogen-bond donors (Lipinski definition) is 4. The van der Waals surface area contributed by atoms with Gasteiger partial charge in [0.15, 0.2) is 5.66 Å². The number of hydrogen-bond acceptors (Lipinski definition) is 6. The number of carboxylic acids is 1. The lowest BCUT2D eigenvalue weighted by Gasteiger charge is -2.30. The number of rotatable bonds is 9. The maximum Gasteiger partial charge on any atom is 0.328 e. The molecule has 156 valence electrons. The molecule has 0 spiro atoms. The van der Waals surface area contributed by atoms with Crippen molar-refractivity contribution in [2.24, 2.45) is 11.7 Å². The van der Waals surface area contributed by atoms with E-state index in [-0.39, 0.29) is 18.8 Å². The molecule has 0 aliphatic rings. The Morgan fingerprint density at radius 3 is 2.21 bits per heavy atom. The lowest BCUT2D eigenvalue weighted by molar-refractivity contribution is -0.148. The second kappa shape index (κ2) is 11.3. The van der Waals surface area contributed by atoms with Gasteiger partial charge < -0.3 is 26.2 Å². The third kappa shape index (κ3) is 7.53. The number of methoxy groups -OCH3 is 1. The van der Waals surface area contributed by atoms with Crippen LogP contribution in [0.15, 0.2) is 30.3 Å². The first-order valence-corrected chi connectivity index (χ1v) is 8.34. The van der Waals surface area contributed by atoms with Crippen LogP contribution >= 0.6 is 12.4 Å². The molecule has 0 fully saturated rings. The van der Waals surface area contributed by atoms with Gasteiger partial charge in [-0.1, -0.05) is 44.2 Å². The fourth-order valence-corrected chi connectivity index (χ4v) is 2.26. The average Bonchev–Trinajstić information content (AvgIpc) is 2.60. The van der Waals surface area contributed by atoms with Crippen LogP contribution in [0.2, 0.25) is 0 Å². The number of esters is 1. The van der Waals surface area contributed by atoms with E-state index in [1.54, 1.807) is 44.2 Å². The predicted octanol–water partition coefficient (Wildman–Crippen LogP) is 0.211. The Labute approximate surface area is 169 Å². The maximum absolute atomic E-state index is 12.7. The number of ether oxygens (including phenoxy) is 1. The van der Waals surface area contributed by atoms with Gasteiger partial charge in [-0.2, -0.15) is 0 Å². The average molecular weight is 416 g/mol. The number of amides is 2. The lowest BCUT2D eigenvalue weighted by atomic mass is 10.0. The van der Waals surface area contributed by atoms with Gasteiger partial charge in [0, 0.05) is 12.3 Å². The van der Waals surface area contributed by atoms with Crippen molar-refractivity contribution in [1.29, 1.82) is 0 Å². The molecule has 0 saturated heterocycles. The molecule has 0 aliphatic carbocycles. The number of carbonyl (C=O) groups is 4. The number of benzene rings is 1. The molecule has 9 nitrogen and oxygen atoms in total. The van der Waals surface area contributed by atoms with Crippen molar-refractivity contribution in [3.63, 3.8) is 0 Å². The van der Waals surface area contributed by atoms with E-state index in [1.165, 1.54) is 7.11 Å². The third-order valence-corrected chi connectivity index (χ3v) is 3.78. The molecular weight excluding hydrogens is 390 g/mol. The summed E-state index contributed by atoms with van der Waals surface area (Å²) in [5.74, 6) is -4.21. The van der Waals surface area contributed by atoms with Crippen LogP contribution in [0.3, 0.4) is 0 Å². The van der Waals surface area contributed by atoms with Crippen LogP contribution in [-0.4, -0.2) is 47.7 Å². The fraction of sp³-hybridized carbons (Fsp3) is 0.444. The molecule has 1 aromatic carbocycles. The molecule has 2 amide bonds. The van der Waals surface area contributed by atoms with E-state index in [4.69, 9.17) is 15.6 Å². The Kier molecular flexibility index (Phi) is 10.2. The largest absolute Gasteiger partial charge is 0.481 e. The van der Waals surface area contributed by atoms with Crippen LogP contribution in [0.4, 0.5) is 0 Å². The van der Waals surface area contributed by atoms with E-state index in [0.717, 1.165) is 5.56 Å². The Morgan fingerprint density at radius 2 is 1.75 bits per heavy atom. The molecule has 0 heterocycles. The first kappa shape index (κ1) is 25.3. The quantitative estimate of drug-likeness (QED) is 0.333. The zero-order chi connectivity index (χ0) is 20.6. The number of aliphatic carboxylic acids is 1. The number of halogens is 1. The van der Waals surface area contributed by atoms with Gasteiger partial charge in [-0.3, -0.25) is 14.4 Å². The summed E-state index contributed by atoms with van der Waals surface area (Å²) >= 11 is 0. The van der Waals surface area contributed by atoms with Crippen LogP contribution in [0, 0.1) is 5.92 Å². The molecule has 1 aromatic rings. The minimum Gasteiger partial charge on any atom is -0.481 e. The van der Waals surface area contributed by atoms with Crippen molar-refractivity contribution >= 4 is 36.2 Å². The van der Waals surface area contributed by atoms with E-state index in [9.17, 15) is 19.2 Å². The van der Waals surface area contributed by atoms with Crippen molar-refractivity contribution in [1.82, 2.24) is 10.6 Å². The van der Waals surface area contributed by atoms with E-state index < -0.39 is 47.8 Å². The number of carbonyl (C=O) groups excluding carboxylic acids is 3. The van der Waals surface area contributed by atoms with Gasteiger partial charge in [0.2, 0.25) is 5.91 Å². The van der Waals surface area contributed by atoms with Crippen LogP contribution in [-0.2, 0) is 30.3 Å². The summed E-state index contributed by atoms with van der Waals surface area (Å²) in [6, 6.07) is 7.76. The van der Waals surface area contributed by atoms with Crippen molar-refractivity contribution in [3.05, 3.63) is 35.9 Å². The molecule has 0 aromatic heterocycles. The molecule has 0 bridgehead atoms. The highest BCUT2D eigenvalue weighted by atomic mass is 35.5. The van der Waals surface area contributed by atoms with E-state index >= 15 is 0 Å². The maximum atomic E-state index is 12.7. The van der Waals surface area contributed by atoms with E-state index in [2.05, 4.69) is 10.6 Å². The van der Waals surface area contributed by atoms with E-state index in [0.29, 0.717) is 0 Å². The highest BCUT2D eigenvalue weighted by Gasteiger charge is 2.40. The molecule has 1 rings (SSSR count). The Bertz CT molecular complexity index is 698. The highest BCUT2D eigenvalue weighted by molar-refractivity contribution is 5.96.